The summed E-state index contributed by atoms with van der Waals surface area (Å²) >= 11 is 9.77. The molecule has 0 amide bonds. The first-order valence-corrected chi connectivity index (χ1v) is 4.57. The van der Waals surface area contributed by atoms with Crippen molar-refractivity contribution in [1.29, 1.82) is 0 Å². The van der Waals surface area contributed by atoms with Gasteiger partial charge in [-0.2, -0.15) is 0 Å². The van der Waals surface area contributed by atoms with Gasteiger partial charge in [0.25, 0.3) is 0 Å². The molecule has 5 nitrogen and oxygen atoms in total. The summed E-state index contributed by atoms with van der Waals surface area (Å²) in [6.45, 7) is -0.107. The molecule has 0 spiro atoms. The van der Waals surface area contributed by atoms with E-state index in [9.17, 15) is 4.79 Å². The molecule has 1 rings (SSSR count). The van der Waals surface area contributed by atoms with Crippen LogP contribution in [0, 0.1) is 9.41 Å². The molecular formula is C7H9N3O2S2. The maximum atomic E-state index is 10.4. The van der Waals surface area contributed by atoms with Crippen LogP contribution in [0.5, 0.6) is 0 Å². The van der Waals surface area contributed by atoms with Gasteiger partial charge >= 0.3 is 5.97 Å². The van der Waals surface area contributed by atoms with Crippen molar-refractivity contribution in [3.63, 3.8) is 0 Å². The fraction of sp³-hybridized carbons (Fsp3) is 0.286. The lowest BCUT2D eigenvalue weighted by atomic mass is 10.5. The van der Waals surface area contributed by atoms with E-state index in [2.05, 4.69) is 9.97 Å². The summed E-state index contributed by atoms with van der Waals surface area (Å²) in [5.74, 6) is -0.327. The van der Waals surface area contributed by atoms with Crippen LogP contribution < -0.4 is 4.90 Å². The van der Waals surface area contributed by atoms with E-state index in [0.717, 1.165) is 0 Å². The second-order valence-electron chi connectivity index (χ2n) is 2.72. The van der Waals surface area contributed by atoms with E-state index < -0.39 is 5.97 Å². The third-order valence-corrected chi connectivity index (χ3v) is 1.95. The third kappa shape index (κ3) is 2.93. The van der Waals surface area contributed by atoms with Crippen molar-refractivity contribution in [2.45, 2.75) is 0 Å². The van der Waals surface area contributed by atoms with Crippen molar-refractivity contribution in [2.75, 3.05) is 18.5 Å². The highest BCUT2D eigenvalue weighted by atomic mass is 32.1. The summed E-state index contributed by atoms with van der Waals surface area (Å²) < 4.78 is 0.853. The smallest absolute Gasteiger partial charge is 0.323 e. The Morgan fingerprint density at radius 2 is 2.21 bits per heavy atom. The van der Waals surface area contributed by atoms with E-state index in [-0.39, 0.29) is 6.54 Å². The van der Waals surface area contributed by atoms with Gasteiger partial charge in [-0.3, -0.25) is 4.79 Å². The molecule has 0 aromatic carbocycles. The molecule has 14 heavy (non-hydrogen) atoms. The minimum Gasteiger partial charge on any atom is -0.480 e. The highest BCUT2D eigenvalue weighted by molar-refractivity contribution is 7.72. The first-order valence-electron chi connectivity index (χ1n) is 3.75. The molecule has 0 fully saturated rings. The molecule has 0 saturated heterocycles. The van der Waals surface area contributed by atoms with Gasteiger partial charge in [-0.1, -0.05) is 12.2 Å². The van der Waals surface area contributed by atoms with E-state index in [1.165, 1.54) is 4.90 Å². The first-order chi connectivity index (χ1) is 6.49. The summed E-state index contributed by atoms with van der Waals surface area (Å²) in [5.41, 5.74) is 0. The van der Waals surface area contributed by atoms with Crippen LogP contribution in [0.4, 0.5) is 5.82 Å². The number of nitrogens with one attached hydrogen (secondary N) is 2. The number of likely N-dealkylation sites (N-methyl/N-ethyl adjacent to an activating group) is 1. The minimum absolute atomic E-state index is 0.107. The molecule has 7 heteroatoms. The van der Waals surface area contributed by atoms with E-state index >= 15 is 0 Å². The Morgan fingerprint density at radius 3 is 2.71 bits per heavy atom. The molecular weight excluding hydrogens is 222 g/mol. The number of carbonyl (C=O) groups is 1. The molecule has 0 bridgehead atoms. The average molecular weight is 231 g/mol. The number of nitrogens with zero attached hydrogens (tertiary/aromatic N) is 1. The number of aromatic amines is 2. The Kier molecular flexibility index (Phi) is 3.37. The van der Waals surface area contributed by atoms with Gasteiger partial charge in [-0.15, -0.1) is 0 Å². The Morgan fingerprint density at radius 1 is 1.57 bits per heavy atom. The van der Waals surface area contributed by atoms with Gasteiger partial charge in [-0.05, 0) is 12.2 Å². The standard InChI is InChI=1S/C7H9N3O2S2/c1-10(3-6(11)12)4-2-5(13)9-7(14)8-4/h2H,3H2,1H3,(H,11,12)(H2,8,9,13,14). The molecule has 1 heterocycles. The monoisotopic (exact) mass is 231 g/mol. The maximum absolute atomic E-state index is 10.4. The number of hydrogen-bond donors (Lipinski definition) is 3. The van der Waals surface area contributed by atoms with Crippen molar-refractivity contribution in [3.8, 4) is 0 Å². The van der Waals surface area contributed by atoms with Crippen LogP contribution in [0.3, 0.4) is 0 Å². The first kappa shape index (κ1) is 10.9. The average Bonchev–Trinajstić information content (AvgIpc) is 2.00. The van der Waals surface area contributed by atoms with Gasteiger partial charge in [-0.25, -0.2) is 0 Å². The largest absolute Gasteiger partial charge is 0.480 e. The molecule has 76 valence electrons. The number of aliphatic carboxylic acids is 1. The van der Waals surface area contributed by atoms with Crippen molar-refractivity contribution in [2.24, 2.45) is 0 Å². The Balaban J connectivity index is 3.01. The summed E-state index contributed by atoms with van der Waals surface area (Å²) in [6.07, 6.45) is 0. The number of hydrogen-bond acceptors (Lipinski definition) is 4. The number of H-pyrrole nitrogens is 2. The zero-order valence-corrected chi connectivity index (χ0v) is 9.04. The predicted molar refractivity (Wildman–Crippen MR) is 57.7 cm³/mol. The van der Waals surface area contributed by atoms with Crippen molar-refractivity contribution in [1.82, 2.24) is 9.97 Å². The van der Waals surface area contributed by atoms with Crippen LogP contribution in [-0.4, -0.2) is 34.6 Å². The lowest BCUT2D eigenvalue weighted by molar-refractivity contribution is -0.135. The van der Waals surface area contributed by atoms with Gasteiger partial charge in [0.1, 0.15) is 17.0 Å². The SMILES string of the molecule is CN(CC(=O)O)c1cc(=S)[nH]c(=S)[nH]1. The molecule has 0 aliphatic rings. The molecule has 0 aliphatic heterocycles. The molecule has 0 unspecified atom stereocenters. The molecule has 0 aliphatic carbocycles. The lowest BCUT2D eigenvalue weighted by Gasteiger charge is -2.15. The van der Waals surface area contributed by atoms with Crippen LogP contribution in [0.25, 0.3) is 0 Å². The number of carboxylic acid groups (broad SMARTS) is 1. The van der Waals surface area contributed by atoms with Crippen LogP contribution in [0.15, 0.2) is 6.07 Å². The van der Waals surface area contributed by atoms with E-state index in [1.807, 2.05) is 0 Å². The van der Waals surface area contributed by atoms with Crippen LogP contribution in [-0.2, 0) is 4.79 Å². The highest BCUT2D eigenvalue weighted by Crippen LogP contribution is 2.06. The minimum atomic E-state index is -0.912. The summed E-state index contributed by atoms with van der Waals surface area (Å²) in [5, 5.41) is 8.57. The van der Waals surface area contributed by atoms with Crippen molar-refractivity contribution in [3.05, 3.63) is 15.5 Å². The lowest BCUT2D eigenvalue weighted by Crippen LogP contribution is -2.26. The highest BCUT2D eigenvalue weighted by Gasteiger charge is 2.05. The van der Waals surface area contributed by atoms with Gasteiger partial charge in [0.2, 0.25) is 0 Å². The summed E-state index contributed by atoms with van der Waals surface area (Å²) in [7, 11) is 1.64. The van der Waals surface area contributed by atoms with E-state index in [4.69, 9.17) is 29.5 Å². The van der Waals surface area contributed by atoms with Gasteiger partial charge in [0.15, 0.2) is 4.77 Å². The quantitative estimate of drug-likeness (QED) is 0.684. The summed E-state index contributed by atoms with van der Waals surface area (Å²) in [6, 6.07) is 1.62. The number of anilines is 1. The number of rotatable bonds is 3. The fourth-order valence-corrected chi connectivity index (χ4v) is 1.44. The predicted octanol–water partition coefficient (Wildman–Crippen LogP) is 1.32. The molecule has 0 atom stereocenters. The fourth-order valence-electron chi connectivity index (χ4n) is 0.949. The van der Waals surface area contributed by atoms with Crippen LogP contribution in [0.2, 0.25) is 0 Å². The summed E-state index contributed by atoms with van der Waals surface area (Å²) in [4.78, 5) is 17.5. The van der Waals surface area contributed by atoms with Gasteiger partial charge in [0.05, 0.1) is 0 Å². The molecule has 0 saturated carbocycles. The van der Waals surface area contributed by atoms with Crippen LogP contribution in [0.1, 0.15) is 0 Å². The third-order valence-electron chi connectivity index (χ3n) is 1.53. The molecule has 0 radical (unpaired) electrons. The Labute approximate surface area is 90.4 Å². The Hall–Kier alpha value is -1.21. The second kappa shape index (κ2) is 4.34. The number of aromatic nitrogens is 2. The van der Waals surface area contributed by atoms with Crippen molar-refractivity contribution < 1.29 is 9.90 Å². The normalized spacial score (nSPS) is 9.79. The topological polar surface area (TPSA) is 72.1 Å². The van der Waals surface area contributed by atoms with E-state index in [0.29, 0.717) is 15.2 Å². The van der Waals surface area contributed by atoms with E-state index in [1.54, 1.807) is 13.1 Å². The molecule has 1 aromatic rings. The zero-order chi connectivity index (χ0) is 10.7. The van der Waals surface area contributed by atoms with Crippen LogP contribution >= 0.6 is 24.4 Å². The molecule has 1 aromatic heterocycles. The maximum Gasteiger partial charge on any atom is 0.323 e. The second-order valence-corrected chi connectivity index (χ2v) is 3.57. The number of carboxylic acids is 1. The van der Waals surface area contributed by atoms with Gasteiger partial charge < -0.3 is 20.0 Å². The zero-order valence-electron chi connectivity index (χ0n) is 7.40. The van der Waals surface area contributed by atoms with Gasteiger partial charge in [0, 0.05) is 13.1 Å². The molecule has 3 N–H and O–H groups in total. The Bertz CT molecular complexity index is 422. The van der Waals surface area contributed by atoms with Crippen molar-refractivity contribution >= 4 is 36.2 Å².